The molecule has 0 fully saturated rings. The minimum Gasteiger partial charge on any atom is -0.349 e. The van der Waals surface area contributed by atoms with Crippen LogP contribution in [0.5, 0.6) is 0 Å². The summed E-state index contributed by atoms with van der Waals surface area (Å²) in [6.07, 6.45) is 9.92. The van der Waals surface area contributed by atoms with Gasteiger partial charge < -0.3 is 4.98 Å². The molecule has 1 aromatic rings. The molecule has 13 heavy (non-hydrogen) atoms. The Balaban J connectivity index is 1.94. The van der Waals surface area contributed by atoms with E-state index in [1.54, 1.807) is 6.20 Å². The normalized spacial score (nSPS) is 9.77. The zero-order chi connectivity index (χ0) is 9.36. The number of rotatable bonds is 6. The Hall–Kier alpha value is -1.30. The van der Waals surface area contributed by atoms with Gasteiger partial charge in [-0.05, 0) is 12.8 Å². The van der Waals surface area contributed by atoms with Gasteiger partial charge in [0.15, 0.2) is 0 Å². The van der Waals surface area contributed by atoms with Crippen LogP contribution in [0.4, 0.5) is 0 Å². The third-order valence-electron chi connectivity index (χ3n) is 2.01. The van der Waals surface area contributed by atoms with Gasteiger partial charge in [-0.2, -0.15) is 5.26 Å². The molecule has 1 rings (SSSR count). The fourth-order valence-electron chi connectivity index (χ4n) is 1.28. The fraction of sp³-hybridized carbons (Fsp3) is 0.600. The van der Waals surface area contributed by atoms with Crippen molar-refractivity contribution in [1.82, 2.24) is 9.97 Å². The molecule has 0 saturated heterocycles. The summed E-state index contributed by atoms with van der Waals surface area (Å²) in [6, 6.07) is 2.15. The lowest BCUT2D eigenvalue weighted by molar-refractivity contribution is 0.639. The van der Waals surface area contributed by atoms with Crippen LogP contribution in [-0.4, -0.2) is 9.97 Å². The molecule has 0 aliphatic carbocycles. The SMILES string of the molecule is N#CCCCCCCc1ncc[nH]1. The third kappa shape index (κ3) is 4.32. The molecule has 0 amide bonds. The predicted molar refractivity (Wildman–Crippen MR) is 51.0 cm³/mol. The molecule has 1 N–H and O–H groups in total. The van der Waals surface area contributed by atoms with Crippen molar-refractivity contribution in [3.8, 4) is 6.07 Å². The first-order valence-corrected chi connectivity index (χ1v) is 4.78. The molecule has 0 aliphatic heterocycles. The maximum atomic E-state index is 8.31. The van der Waals surface area contributed by atoms with Crippen molar-refractivity contribution < 1.29 is 0 Å². The number of H-pyrrole nitrogens is 1. The van der Waals surface area contributed by atoms with E-state index >= 15 is 0 Å². The van der Waals surface area contributed by atoms with E-state index in [0.29, 0.717) is 6.42 Å². The standard InChI is InChI=1S/C10H15N3/c11-7-5-3-1-2-4-6-10-12-8-9-13-10/h8-9H,1-6H2,(H,12,13). The molecule has 0 bridgehead atoms. The second-order valence-corrected chi connectivity index (χ2v) is 3.11. The minimum absolute atomic E-state index is 0.695. The van der Waals surface area contributed by atoms with Crippen LogP contribution < -0.4 is 0 Å². The Bertz CT molecular complexity index is 246. The zero-order valence-electron chi connectivity index (χ0n) is 7.79. The fourth-order valence-corrected chi connectivity index (χ4v) is 1.28. The molecule has 3 nitrogen and oxygen atoms in total. The van der Waals surface area contributed by atoms with Gasteiger partial charge in [-0.1, -0.05) is 12.8 Å². The molecule has 0 atom stereocenters. The monoisotopic (exact) mass is 177 g/mol. The Morgan fingerprint density at radius 1 is 1.31 bits per heavy atom. The van der Waals surface area contributed by atoms with E-state index in [9.17, 15) is 0 Å². The minimum atomic E-state index is 0.695. The third-order valence-corrected chi connectivity index (χ3v) is 2.01. The first-order valence-electron chi connectivity index (χ1n) is 4.78. The average molecular weight is 177 g/mol. The second kappa shape index (κ2) is 6.24. The molecule has 0 radical (unpaired) electrons. The lowest BCUT2D eigenvalue weighted by atomic mass is 10.1. The Morgan fingerprint density at radius 3 is 2.85 bits per heavy atom. The van der Waals surface area contributed by atoms with Crippen LogP contribution in [0.25, 0.3) is 0 Å². The Kier molecular flexibility index (Phi) is 4.70. The highest BCUT2D eigenvalue weighted by Crippen LogP contribution is 2.05. The summed E-state index contributed by atoms with van der Waals surface area (Å²) in [7, 11) is 0. The number of nitrogens with one attached hydrogen (secondary N) is 1. The summed E-state index contributed by atoms with van der Waals surface area (Å²) >= 11 is 0. The quantitative estimate of drug-likeness (QED) is 0.678. The zero-order valence-corrected chi connectivity index (χ0v) is 7.79. The van der Waals surface area contributed by atoms with Gasteiger partial charge in [0.25, 0.3) is 0 Å². The second-order valence-electron chi connectivity index (χ2n) is 3.11. The van der Waals surface area contributed by atoms with Gasteiger partial charge in [-0.25, -0.2) is 4.98 Å². The number of nitriles is 1. The summed E-state index contributed by atoms with van der Waals surface area (Å²) < 4.78 is 0. The van der Waals surface area contributed by atoms with Crippen LogP contribution in [0.1, 0.15) is 37.9 Å². The molecule has 0 saturated carbocycles. The molecule has 0 spiro atoms. The van der Waals surface area contributed by atoms with Gasteiger partial charge in [-0.3, -0.25) is 0 Å². The van der Waals surface area contributed by atoms with E-state index in [1.165, 1.54) is 12.8 Å². The summed E-state index contributed by atoms with van der Waals surface area (Å²) in [5, 5.41) is 8.31. The first kappa shape index (κ1) is 9.79. The molecule has 1 aromatic heterocycles. The maximum Gasteiger partial charge on any atom is 0.105 e. The molecule has 0 aromatic carbocycles. The Labute approximate surface area is 78.8 Å². The van der Waals surface area contributed by atoms with E-state index in [1.807, 2.05) is 6.20 Å². The first-order chi connectivity index (χ1) is 6.43. The molecular formula is C10H15N3. The summed E-state index contributed by atoms with van der Waals surface area (Å²) in [4.78, 5) is 7.22. The average Bonchev–Trinajstić information content (AvgIpc) is 2.63. The largest absolute Gasteiger partial charge is 0.349 e. The van der Waals surface area contributed by atoms with Crippen LogP contribution in [0.3, 0.4) is 0 Å². The number of aromatic amines is 1. The van der Waals surface area contributed by atoms with E-state index in [0.717, 1.165) is 25.1 Å². The van der Waals surface area contributed by atoms with Gasteiger partial charge in [0.1, 0.15) is 5.82 Å². The molecular weight excluding hydrogens is 162 g/mol. The van der Waals surface area contributed by atoms with Crippen LogP contribution in [0.2, 0.25) is 0 Å². The molecule has 3 heteroatoms. The summed E-state index contributed by atoms with van der Waals surface area (Å²) in [6.45, 7) is 0. The van der Waals surface area contributed by atoms with E-state index in [4.69, 9.17) is 5.26 Å². The van der Waals surface area contributed by atoms with E-state index in [2.05, 4.69) is 16.0 Å². The lowest BCUT2D eigenvalue weighted by Crippen LogP contribution is -1.88. The van der Waals surface area contributed by atoms with Gasteiger partial charge in [0.2, 0.25) is 0 Å². The number of aromatic nitrogens is 2. The number of aryl methyl sites for hydroxylation is 1. The van der Waals surface area contributed by atoms with Crippen LogP contribution in [-0.2, 0) is 6.42 Å². The highest BCUT2D eigenvalue weighted by atomic mass is 14.9. The van der Waals surface area contributed by atoms with E-state index < -0.39 is 0 Å². The number of hydrogen-bond acceptors (Lipinski definition) is 2. The van der Waals surface area contributed by atoms with Gasteiger partial charge in [-0.15, -0.1) is 0 Å². The lowest BCUT2D eigenvalue weighted by Gasteiger charge is -1.96. The summed E-state index contributed by atoms with van der Waals surface area (Å²) in [5.74, 6) is 1.07. The van der Waals surface area contributed by atoms with Crippen molar-refractivity contribution in [3.63, 3.8) is 0 Å². The highest BCUT2D eigenvalue weighted by Gasteiger charge is 1.94. The van der Waals surface area contributed by atoms with Crippen LogP contribution in [0, 0.1) is 11.3 Å². The summed E-state index contributed by atoms with van der Waals surface area (Å²) in [5.41, 5.74) is 0. The maximum absolute atomic E-state index is 8.31. The predicted octanol–water partition coefficient (Wildman–Crippen LogP) is 2.43. The van der Waals surface area contributed by atoms with Crippen molar-refractivity contribution >= 4 is 0 Å². The number of hydrogen-bond donors (Lipinski definition) is 1. The molecule has 1 heterocycles. The van der Waals surface area contributed by atoms with Crippen LogP contribution in [0.15, 0.2) is 12.4 Å². The Morgan fingerprint density at radius 2 is 2.15 bits per heavy atom. The van der Waals surface area contributed by atoms with Crippen molar-refractivity contribution in [2.24, 2.45) is 0 Å². The number of unbranched alkanes of at least 4 members (excludes halogenated alkanes) is 4. The smallest absolute Gasteiger partial charge is 0.105 e. The highest BCUT2D eigenvalue weighted by molar-refractivity contribution is 4.86. The number of imidazole rings is 1. The molecule has 0 unspecified atom stereocenters. The van der Waals surface area contributed by atoms with Crippen LogP contribution >= 0.6 is 0 Å². The van der Waals surface area contributed by atoms with Crippen molar-refractivity contribution in [1.29, 1.82) is 5.26 Å². The molecule has 0 aliphatic rings. The van der Waals surface area contributed by atoms with Crippen molar-refractivity contribution in [2.75, 3.05) is 0 Å². The van der Waals surface area contributed by atoms with E-state index in [-0.39, 0.29) is 0 Å². The van der Waals surface area contributed by atoms with Gasteiger partial charge in [0, 0.05) is 25.2 Å². The van der Waals surface area contributed by atoms with Gasteiger partial charge in [0.05, 0.1) is 6.07 Å². The topological polar surface area (TPSA) is 52.5 Å². The van der Waals surface area contributed by atoms with Gasteiger partial charge >= 0.3 is 0 Å². The molecule has 70 valence electrons. The van der Waals surface area contributed by atoms with Crippen molar-refractivity contribution in [3.05, 3.63) is 18.2 Å². The number of nitrogens with zero attached hydrogens (tertiary/aromatic N) is 2. The van der Waals surface area contributed by atoms with Crippen molar-refractivity contribution in [2.45, 2.75) is 38.5 Å².